The first-order valence-electron chi connectivity index (χ1n) is 12.5. The molecule has 4 rings (SSSR count). The zero-order valence-electron chi connectivity index (χ0n) is 19.8. The van der Waals surface area contributed by atoms with Crippen molar-refractivity contribution in [2.24, 2.45) is 11.8 Å². The molecule has 4 heteroatoms. The lowest BCUT2D eigenvalue weighted by Gasteiger charge is -2.31. The maximum Gasteiger partial charge on any atom is 0.166 e. The van der Waals surface area contributed by atoms with Crippen molar-refractivity contribution in [1.29, 1.82) is 0 Å². The van der Waals surface area contributed by atoms with E-state index in [0.29, 0.717) is 22.6 Å². The van der Waals surface area contributed by atoms with Gasteiger partial charge in [-0.2, -0.15) is 0 Å². The van der Waals surface area contributed by atoms with Crippen LogP contribution in [0.3, 0.4) is 0 Å². The molecule has 1 nitrogen and oxygen atoms in total. The van der Waals surface area contributed by atoms with E-state index in [0.717, 1.165) is 57.8 Å². The number of benzene rings is 2. The molecule has 0 aliphatic heterocycles. The first-order chi connectivity index (χ1) is 16.0. The number of ether oxygens (including phenoxy) is 1. The third kappa shape index (κ3) is 5.54. The quantitative estimate of drug-likeness (QED) is 0.406. The van der Waals surface area contributed by atoms with E-state index in [4.69, 9.17) is 4.74 Å². The second-order valence-corrected chi connectivity index (χ2v) is 9.78. The predicted molar refractivity (Wildman–Crippen MR) is 128 cm³/mol. The molecule has 2 aromatic rings. The lowest BCUT2D eigenvalue weighted by Crippen LogP contribution is -2.20. The van der Waals surface area contributed by atoms with Gasteiger partial charge in [-0.25, -0.2) is 13.2 Å². The highest BCUT2D eigenvalue weighted by Crippen LogP contribution is 2.41. The van der Waals surface area contributed by atoms with Crippen LogP contribution in [-0.2, 0) is 11.2 Å². The number of hydrogen-bond donors (Lipinski definition) is 0. The van der Waals surface area contributed by atoms with Crippen LogP contribution in [0.1, 0.15) is 75.3 Å². The normalized spacial score (nSPS) is 25.7. The van der Waals surface area contributed by atoms with Crippen LogP contribution in [0.2, 0.25) is 0 Å². The number of hydrogen-bond acceptors (Lipinski definition) is 1. The summed E-state index contributed by atoms with van der Waals surface area (Å²) in [5.41, 5.74) is 2.71. The van der Waals surface area contributed by atoms with E-state index in [2.05, 4.69) is 6.92 Å². The second kappa shape index (κ2) is 10.9. The molecule has 2 unspecified atom stereocenters. The third-order valence-electron chi connectivity index (χ3n) is 7.83. The summed E-state index contributed by atoms with van der Waals surface area (Å²) >= 11 is 0. The van der Waals surface area contributed by atoms with E-state index in [1.165, 1.54) is 5.56 Å². The van der Waals surface area contributed by atoms with E-state index in [1.807, 2.05) is 24.3 Å². The Bertz CT molecular complexity index is 958. The second-order valence-electron chi connectivity index (χ2n) is 9.78. The van der Waals surface area contributed by atoms with Gasteiger partial charge in [0.1, 0.15) is 5.83 Å². The van der Waals surface area contributed by atoms with Crippen molar-refractivity contribution in [3.63, 3.8) is 0 Å². The molecule has 33 heavy (non-hydrogen) atoms. The number of aryl methyl sites for hydroxylation is 1. The van der Waals surface area contributed by atoms with Crippen molar-refractivity contribution in [2.45, 2.75) is 76.7 Å². The van der Waals surface area contributed by atoms with Gasteiger partial charge in [0, 0.05) is 18.6 Å². The summed E-state index contributed by atoms with van der Waals surface area (Å²) in [5, 5.41) is 0. The van der Waals surface area contributed by atoms with E-state index in [1.54, 1.807) is 25.3 Å². The molecular formula is C29H35F3O. The monoisotopic (exact) mass is 456 g/mol. The topological polar surface area (TPSA) is 9.23 Å². The molecule has 0 N–H and O–H groups in total. The van der Waals surface area contributed by atoms with Gasteiger partial charge in [0.15, 0.2) is 11.6 Å². The van der Waals surface area contributed by atoms with Crippen LogP contribution in [0.5, 0.6) is 0 Å². The summed E-state index contributed by atoms with van der Waals surface area (Å²) in [5.74, 6) is -0.853. The maximum atomic E-state index is 15.0. The lowest BCUT2D eigenvalue weighted by atomic mass is 9.75. The van der Waals surface area contributed by atoms with Crippen molar-refractivity contribution >= 4 is 0 Å². The number of methoxy groups -OCH3 is 1. The van der Waals surface area contributed by atoms with Gasteiger partial charge < -0.3 is 4.74 Å². The van der Waals surface area contributed by atoms with Crippen LogP contribution in [0.4, 0.5) is 13.2 Å². The molecule has 178 valence electrons. The Morgan fingerprint density at radius 1 is 0.818 bits per heavy atom. The van der Waals surface area contributed by atoms with E-state index < -0.39 is 11.6 Å². The summed E-state index contributed by atoms with van der Waals surface area (Å²) < 4.78 is 49.5. The summed E-state index contributed by atoms with van der Waals surface area (Å²) in [6.45, 7) is 2.07. The zero-order valence-corrected chi connectivity index (χ0v) is 19.8. The molecular weight excluding hydrogens is 421 g/mol. The Hall–Kier alpha value is -2.07. The molecule has 0 spiro atoms. The summed E-state index contributed by atoms with van der Waals surface area (Å²) in [6, 6.07) is 11.2. The smallest absolute Gasteiger partial charge is 0.166 e. The van der Waals surface area contributed by atoms with Crippen molar-refractivity contribution in [3.8, 4) is 11.1 Å². The third-order valence-corrected chi connectivity index (χ3v) is 7.83. The summed E-state index contributed by atoms with van der Waals surface area (Å²) in [7, 11) is 1.62. The summed E-state index contributed by atoms with van der Waals surface area (Å²) in [6.07, 6.45) is 9.75. The Morgan fingerprint density at radius 2 is 1.55 bits per heavy atom. The molecule has 2 aromatic carbocycles. The minimum absolute atomic E-state index is 0.0135. The first-order valence-corrected chi connectivity index (χ1v) is 12.5. The van der Waals surface area contributed by atoms with Gasteiger partial charge in [0.2, 0.25) is 0 Å². The minimum Gasteiger partial charge on any atom is -0.377 e. The minimum atomic E-state index is -0.743. The van der Waals surface area contributed by atoms with Crippen LogP contribution >= 0.6 is 0 Å². The average molecular weight is 457 g/mol. The number of rotatable bonds is 7. The van der Waals surface area contributed by atoms with Crippen LogP contribution in [-0.4, -0.2) is 13.2 Å². The Morgan fingerprint density at radius 3 is 2.18 bits per heavy atom. The fourth-order valence-corrected chi connectivity index (χ4v) is 5.59. The van der Waals surface area contributed by atoms with Gasteiger partial charge in [-0.3, -0.25) is 0 Å². The van der Waals surface area contributed by atoms with Crippen LogP contribution in [0, 0.1) is 23.5 Å². The van der Waals surface area contributed by atoms with Crippen LogP contribution < -0.4 is 0 Å². The van der Waals surface area contributed by atoms with Crippen molar-refractivity contribution in [2.75, 3.05) is 7.11 Å². The largest absolute Gasteiger partial charge is 0.377 e. The molecule has 0 aromatic heterocycles. The average Bonchev–Trinajstić information content (AvgIpc) is 2.85. The van der Waals surface area contributed by atoms with E-state index in [-0.39, 0.29) is 23.8 Å². The highest BCUT2D eigenvalue weighted by atomic mass is 19.2. The van der Waals surface area contributed by atoms with Gasteiger partial charge in [0.05, 0.1) is 6.10 Å². The molecule has 2 aliphatic carbocycles. The Kier molecular flexibility index (Phi) is 7.95. The fraction of sp³-hybridized carbons (Fsp3) is 0.517. The fourth-order valence-electron chi connectivity index (χ4n) is 5.59. The molecule has 2 aliphatic rings. The molecule has 0 bridgehead atoms. The van der Waals surface area contributed by atoms with Crippen LogP contribution in [0.15, 0.2) is 48.3 Å². The molecule has 1 saturated carbocycles. The molecule has 0 amide bonds. The molecule has 0 heterocycles. The SMILES string of the molecule is CCc1ccc(-c2ccc(C3CCC(CCC4CCC(OC)C=C4F)CC3)c(F)c2F)cc1. The predicted octanol–water partition coefficient (Wildman–Crippen LogP) is 8.53. The van der Waals surface area contributed by atoms with E-state index >= 15 is 4.39 Å². The highest BCUT2D eigenvalue weighted by molar-refractivity contribution is 5.65. The zero-order chi connectivity index (χ0) is 23.4. The highest BCUT2D eigenvalue weighted by Gasteiger charge is 2.28. The maximum absolute atomic E-state index is 15.0. The Labute approximate surface area is 196 Å². The van der Waals surface area contributed by atoms with Crippen molar-refractivity contribution in [3.05, 3.63) is 71.1 Å². The Balaban J connectivity index is 1.34. The van der Waals surface area contributed by atoms with Gasteiger partial charge >= 0.3 is 0 Å². The van der Waals surface area contributed by atoms with Crippen LogP contribution in [0.25, 0.3) is 11.1 Å². The van der Waals surface area contributed by atoms with Gasteiger partial charge in [-0.1, -0.05) is 43.3 Å². The molecule has 2 atom stereocenters. The molecule has 1 fully saturated rings. The van der Waals surface area contributed by atoms with Gasteiger partial charge in [0.25, 0.3) is 0 Å². The van der Waals surface area contributed by atoms with E-state index in [9.17, 15) is 8.78 Å². The number of allylic oxidation sites excluding steroid dienone is 1. The molecule has 0 radical (unpaired) electrons. The number of halogens is 3. The lowest BCUT2D eigenvalue weighted by molar-refractivity contribution is 0.113. The van der Waals surface area contributed by atoms with Crippen molar-refractivity contribution < 1.29 is 17.9 Å². The van der Waals surface area contributed by atoms with Gasteiger partial charge in [-0.05, 0) is 92.4 Å². The molecule has 0 saturated heterocycles. The summed E-state index contributed by atoms with van der Waals surface area (Å²) in [4.78, 5) is 0. The van der Waals surface area contributed by atoms with Crippen molar-refractivity contribution in [1.82, 2.24) is 0 Å². The standard InChI is InChI=1S/C29H35F3O/c1-3-19-4-9-21(10-5-19)25-16-17-26(29(32)28(25)31)22-11-6-20(7-12-22)8-13-23-14-15-24(33-2)18-27(23)30/h4-5,9-10,16-18,20,22-24H,3,6-8,11-15H2,1-2H3. The first kappa shape index (κ1) is 24.1. The van der Waals surface area contributed by atoms with Gasteiger partial charge in [-0.15, -0.1) is 0 Å².